The summed E-state index contributed by atoms with van der Waals surface area (Å²) >= 11 is 0. The monoisotopic (exact) mass is 348 g/mol. The fourth-order valence-corrected chi connectivity index (χ4v) is 2.54. The minimum Gasteiger partial charge on any atom is -0.395 e. The Bertz CT molecular complexity index is 1080. The van der Waals surface area contributed by atoms with Crippen LogP contribution in [0.1, 0.15) is 10.6 Å². The highest BCUT2D eigenvalue weighted by atomic mass is 16.6. The topological polar surface area (TPSA) is 114 Å². The van der Waals surface area contributed by atoms with Crippen LogP contribution in [0.5, 0.6) is 0 Å². The third kappa shape index (κ3) is 2.91. The molecule has 0 radical (unpaired) electrons. The molecule has 0 aliphatic carbocycles. The summed E-state index contributed by atoms with van der Waals surface area (Å²) in [6, 6.07) is 17.2. The first-order chi connectivity index (χ1) is 12.6. The zero-order chi connectivity index (χ0) is 18.1. The Morgan fingerprint density at radius 1 is 1.08 bits per heavy atom. The lowest BCUT2D eigenvalue weighted by Crippen LogP contribution is -2.10. The van der Waals surface area contributed by atoms with Crippen LogP contribution in [0.2, 0.25) is 0 Å². The molecule has 128 valence electrons. The number of nitro groups is 1. The molecule has 0 saturated carbocycles. The quantitative estimate of drug-likeness (QED) is 0.427. The van der Waals surface area contributed by atoms with E-state index in [-0.39, 0.29) is 5.76 Å². The molecule has 0 spiro atoms. The average molecular weight is 348 g/mol. The van der Waals surface area contributed by atoms with Gasteiger partial charge in [-0.1, -0.05) is 12.1 Å². The van der Waals surface area contributed by atoms with Crippen molar-refractivity contribution in [1.82, 2.24) is 9.97 Å². The van der Waals surface area contributed by atoms with E-state index in [4.69, 9.17) is 4.42 Å². The van der Waals surface area contributed by atoms with E-state index in [0.717, 1.165) is 28.5 Å². The third-order valence-corrected chi connectivity index (χ3v) is 3.80. The van der Waals surface area contributed by atoms with E-state index >= 15 is 0 Å². The van der Waals surface area contributed by atoms with Crippen molar-refractivity contribution in [3.05, 3.63) is 76.5 Å². The highest BCUT2D eigenvalue weighted by Gasteiger charge is 2.17. The van der Waals surface area contributed by atoms with Gasteiger partial charge in [-0.3, -0.25) is 14.9 Å². The van der Waals surface area contributed by atoms with Crippen molar-refractivity contribution in [3.63, 3.8) is 0 Å². The first kappa shape index (κ1) is 15.6. The number of H-pyrrole nitrogens is 1. The highest BCUT2D eigenvalue weighted by Crippen LogP contribution is 2.23. The Morgan fingerprint density at radius 3 is 2.54 bits per heavy atom. The minimum absolute atomic E-state index is 0.127. The molecular weight excluding hydrogens is 336 g/mol. The van der Waals surface area contributed by atoms with Crippen LogP contribution in [0, 0.1) is 10.1 Å². The Balaban J connectivity index is 1.51. The molecule has 0 bridgehead atoms. The van der Waals surface area contributed by atoms with Crippen molar-refractivity contribution < 1.29 is 14.1 Å². The van der Waals surface area contributed by atoms with Gasteiger partial charge in [0.25, 0.3) is 5.91 Å². The lowest BCUT2D eigenvalue weighted by Gasteiger charge is -2.04. The van der Waals surface area contributed by atoms with Crippen molar-refractivity contribution in [2.45, 2.75) is 0 Å². The van der Waals surface area contributed by atoms with Gasteiger partial charge in [0.2, 0.25) is 0 Å². The molecule has 2 aromatic carbocycles. The second-order valence-electron chi connectivity index (χ2n) is 5.53. The lowest BCUT2D eigenvalue weighted by atomic mass is 10.2. The number of carbonyl (C=O) groups excluding carboxylic acids is 1. The van der Waals surface area contributed by atoms with Crippen LogP contribution in [0.3, 0.4) is 0 Å². The standard InChI is InChI=1S/C18H12N4O4/c23-18(15-9-10-16(26-15)22(24)25)19-12-7-5-11(6-8-12)17-20-13-3-1-2-4-14(13)21-17/h1-10H,(H,19,23)(H,20,21). The number of fused-ring (bicyclic) bond motifs is 1. The number of para-hydroxylation sites is 2. The number of carbonyl (C=O) groups is 1. The first-order valence-electron chi connectivity index (χ1n) is 7.71. The molecule has 2 heterocycles. The zero-order valence-corrected chi connectivity index (χ0v) is 13.3. The predicted molar refractivity (Wildman–Crippen MR) is 94.8 cm³/mol. The Hall–Kier alpha value is -3.94. The van der Waals surface area contributed by atoms with Gasteiger partial charge >= 0.3 is 5.88 Å². The van der Waals surface area contributed by atoms with Crippen molar-refractivity contribution in [3.8, 4) is 11.4 Å². The summed E-state index contributed by atoms with van der Waals surface area (Å²) in [5.41, 5.74) is 3.22. The van der Waals surface area contributed by atoms with Crippen LogP contribution in [-0.2, 0) is 0 Å². The fourth-order valence-electron chi connectivity index (χ4n) is 2.54. The number of furan rings is 1. The van der Waals surface area contributed by atoms with Gasteiger partial charge in [-0.05, 0) is 42.5 Å². The summed E-state index contributed by atoms with van der Waals surface area (Å²) < 4.78 is 4.88. The van der Waals surface area contributed by atoms with Crippen molar-refractivity contribution in [2.24, 2.45) is 0 Å². The van der Waals surface area contributed by atoms with Crippen molar-refractivity contribution >= 4 is 28.5 Å². The van der Waals surface area contributed by atoms with Crippen LogP contribution >= 0.6 is 0 Å². The number of imidazole rings is 1. The molecule has 4 aromatic rings. The van der Waals surface area contributed by atoms with E-state index in [1.54, 1.807) is 12.1 Å². The molecule has 0 atom stereocenters. The SMILES string of the molecule is O=C(Nc1ccc(-c2nc3ccccc3[nH]2)cc1)c1ccc([N+](=O)[O-])o1. The number of anilines is 1. The number of benzene rings is 2. The summed E-state index contributed by atoms with van der Waals surface area (Å²) in [6.45, 7) is 0. The molecule has 8 nitrogen and oxygen atoms in total. The van der Waals surface area contributed by atoms with Crippen LogP contribution in [-0.4, -0.2) is 20.8 Å². The smallest absolute Gasteiger partial charge is 0.395 e. The number of amides is 1. The van der Waals surface area contributed by atoms with E-state index in [1.807, 2.05) is 36.4 Å². The van der Waals surface area contributed by atoms with E-state index < -0.39 is 16.7 Å². The molecule has 4 rings (SSSR count). The van der Waals surface area contributed by atoms with Crippen molar-refractivity contribution in [1.29, 1.82) is 0 Å². The molecule has 2 N–H and O–H groups in total. The molecule has 0 aliphatic heterocycles. The lowest BCUT2D eigenvalue weighted by molar-refractivity contribution is -0.402. The number of nitrogens with zero attached hydrogens (tertiary/aromatic N) is 2. The number of aromatic nitrogens is 2. The largest absolute Gasteiger partial charge is 0.433 e. The second kappa shape index (κ2) is 6.17. The molecule has 0 fully saturated rings. The van der Waals surface area contributed by atoms with E-state index in [2.05, 4.69) is 15.3 Å². The molecule has 0 unspecified atom stereocenters. The first-order valence-corrected chi connectivity index (χ1v) is 7.71. The second-order valence-corrected chi connectivity index (χ2v) is 5.53. The molecular formula is C18H12N4O4. The normalized spacial score (nSPS) is 10.8. The Labute approximate surface area is 146 Å². The molecule has 2 aromatic heterocycles. The summed E-state index contributed by atoms with van der Waals surface area (Å²) in [5, 5.41) is 13.2. The van der Waals surface area contributed by atoms with Gasteiger partial charge in [0.1, 0.15) is 10.7 Å². The van der Waals surface area contributed by atoms with Gasteiger partial charge in [0, 0.05) is 11.3 Å². The maximum absolute atomic E-state index is 12.1. The third-order valence-electron chi connectivity index (χ3n) is 3.80. The van der Waals surface area contributed by atoms with Crippen LogP contribution in [0.15, 0.2) is 65.1 Å². The Morgan fingerprint density at radius 2 is 1.85 bits per heavy atom. The van der Waals surface area contributed by atoms with E-state index in [1.165, 1.54) is 6.07 Å². The Kier molecular flexibility index (Phi) is 3.70. The summed E-state index contributed by atoms with van der Waals surface area (Å²) in [4.78, 5) is 29.7. The van der Waals surface area contributed by atoms with Gasteiger partial charge in [0.05, 0.1) is 17.1 Å². The number of rotatable bonds is 4. The van der Waals surface area contributed by atoms with Gasteiger partial charge in [-0.15, -0.1) is 0 Å². The number of nitrogens with one attached hydrogen (secondary N) is 2. The maximum atomic E-state index is 12.1. The average Bonchev–Trinajstić information content (AvgIpc) is 3.29. The summed E-state index contributed by atoms with van der Waals surface area (Å²) in [7, 11) is 0. The van der Waals surface area contributed by atoms with Gasteiger partial charge in [-0.2, -0.15) is 0 Å². The van der Waals surface area contributed by atoms with Crippen LogP contribution < -0.4 is 5.32 Å². The molecule has 1 amide bonds. The zero-order valence-electron chi connectivity index (χ0n) is 13.3. The predicted octanol–water partition coefficient (Wildman–Crippen LogP) is 3.98. The van der Waals surface area contributed by atoms with Crippen LogP contribution in [0.25, 0.3) is 22.4 Å². The highest BCUT2D eigenvalue weighted by molar-refractivity contribution is 6.02. The van der Waals surface area contributed by atoms with Crippen LogP contribution in [0.4, 0.5) is 11.6 Å². The number of hydrogen-bond acceptors (Lipinski definition) is 5. The molecule has 0 aliphatic rings. The fraction of sp³-hybridized carbons (Fsp3) is 0. The number of aromatic amines is 1. The summed E-state index contributed by atoms with van der Waals surface area (Å²) in [6.07, 6.45) is 0. The molecule has 8 heteroatoms. The molecule has 0 saturated heterocycles. The summed E-state index contributed by atoms with van der Waals surface area (Å²) in [5.74, 6) is -0.436. The van der Waals surface area contributed by atoms with Gasteiger partial charge in [0.15, 0.2) is 5.76 Å². The van der Waals surface area contributed by atoms with E-state index in [9.17, 15) is 14.9 Å². The minimum atomic E-state index is -0.696. The van der Waals surface area contributed by atoms with Gasteiger partial charge in [-0.25, -0.2) is 4.98 Å². The number of hydrogen-bond donors (Lipinski definition) is 2. The van der Waals surface area contributed by atoms with Crippen molar-refractivity contribution in [2.75, 3.05) is 5.32 Å². The van der Waals surface area contributed by atoms with E-state index in [0.29, 0.717) is 5.69 Å². The maximum Gasteiger partial charge on any atom is 0.433 e. The molecule has 26 heavy (non-hydrogen) atoms. The van der Waals surface area contributed by atoms with Gasteiger partial charge < -0.3 is 14.7 Å².